The van der Waals surface area contributed by atoms with Gasteiger partial charge in [-0.1, -0.05) is 30.3 Å². The van der Waals surface area contributed by atoms with Crippen LogP contribution in [0.2, 0.25) is 0 Å². The normalized spacial score (nSPS) is 13.2. The lowest BCUT2D eigenvalue weighted by atomic mass is 10.0. The summed E-state index contributed by atoms with van der Waals surface area (Å²) in [5.41, 5.74) is 1.26. The lowest BCUT2D eigenvalue weighted by Crippen LogP contribution is -2.34. The molecule has 0 atom stereocenters. The van der Waals surface area contributed by atoms with Crippen LogP contribution in [0.1, 0.15) is 34.3 Å². The summed E-state index contributed by atoms with van der Waals surface area (Å²) in [5, 5.41) is 20.2. The molecule has 7 heteroatoms. The van der Waals surface area contributed by atoms with Crippen molar-refractivity contribution in [2.75, 3.05) is 0 Å². The van der Waals surface area contributed by atoms with Crippen LogP contribution in [0, 0.1) is 10.1 Å². The molecule has 0 radical (unpaired) electrons. The number of aromatic carboxylic acids is 1. The molecule has 1 N–H and O–H groups in total. The zero-order chi connectivity index (χ0) is 18.7. The number of nitrogens with zero attached hydrogens (tertiary/aromatic N) is 2. The first kappa shape index (κ1) is 17.6. The SMILES string of the molecule is O=C(O)c1ccccc1CC(=O)N(Cc1cccc([N+](=O)[O-])c1)C1CC1. The predicted octanol–water partition coefficient (Wildman–Crippen LogP) is 3.03. The number of carbonyl (C=O) groups excluding carboxylic acids is 1. The molecule has 0 heterocycles. The zero-order valence-electron chi connectivity index (χ0n) is 14.0. The van der Waals surface area contributed by atoms with Crippen molar-refractivity contribution >= 4 is 17.6 Å². The lowest BCUT2D eigenvalue weighted by Gasteiger charge is -2.23. The third-order valence-corrected chi connectivity index (χ3v) is 4.37. The van der Waals surface area contributed by atoms with Crippen LogP contribution in [-0.2, 0) is 17.8 Å². The van der Waals surface area contributed by atoms with Gasteiger partial charge in [0.15, 0.2) is 0 Å². The Morgan fingerprint density at radius 3 is 2.54 bits per heavy atom. The summed E-state index contributed by atoms with van der Waals surface area (Å²) in [6.07, 6.45) is 1.77. The Labute approximate surface area is 150 Å². The third kappa shape index (κ3) is 4.05. The molecule has 1 fully saturated rings. The van der Waals surface area contributed by atoms with Crippen LogP contribution in [0.3, 0.4) is 0 Å². The number of nitro groups is 1. The van der Waals surface area contributed by atoms with E-state index < -0.39 is 10.9 Å². The molecule has 0 aliphatic heterocycles. The predicted molar refractivity (Wildman–Crippen MR) is 93.8 cm³/mol. The van der Waals surface area contributed by atoms with Gasteiger partial charge in [0.05, 0.1) is 16.9 Å². The maximum atomic E-state index is 12.8. The second-order valence-corrected chi connectivity index (χ2v) is 6.32. The Morgan fingerprint density at radius 2 is 1.88 bits per heavy atom. The summed E-state index contributed by atoms with van der Waals surface area (Å²) in [7, 11) is 0. The highest BCUT2D eigenvalue weighted by Gasteiger charge is 2.33. The molecule has 0 aromatic heterocycles. The minimum Gasteiger partial charge on any atom is -0.478 e. The van der Waals surface area contributed by atoms with E-state index >= 15 is 0 Å². The Balaban J connectivity index is 1.78. The van der Waals surface area contributed by atoms with E-state index in [2.05, 4.69) is 0 Å². The molecule has 1 amide bonds. The van der Waals surface area contributed by atoms with Crippen molar-refractivity contribution in [1.82, 2.24) is 4.90 Å². The van der Waals surface area contributed by atoms with Crippen molar-refractivity contribution in [3.63, 3.8) is 0 Å². The number of nitro benzene ring substituents is 1. The summed E-state index contributed by atoms with van der Waals surface area (Å²) in [4.78, 5) is 36.3. The molecule has 7 nitrogen and oxygen atoms in total. The fraction of sp³-hybridized carbons (Fsp3) is 0.263. The lowest BCUT2D eigenvalue weighted by molar-refractivity contribution is -0.384. The van der Waals surface area contributed by atoms with Crippen LogP contribution in [0.5, 0.6) is 0 Å². The number of non-ortho nitro benzene ring substituents is 1. The monoisotopic (exact) mass is 354 g/mol. The minimum atomic E-state index is -1.06. The third-order valence-electron chi connectivity index (χ3n) is 4.37. The molecule has 0 unspecified atom stereocenters. The average Bonchev–Trinajstić information content (AvgIpc) is 3.45. The van der Waals surface area contributed by atoms with E-state index in [-0.39, 0.29) is 36.2 Å². The van der Waals surface area contributed by atoms with Gasteiger partial charge in [-0.2, -0.15) is 0 Å². The first-order valence-corrected chi connectivity index (χ1v) is 8.29. The molecular formula is C19H18N2O5. The van der Waals surface area contributed by atoms with Gasteiger partial charge in [-0.05, 0) is 30.0 Å². The van der Waals surface area contributed by atoms with Gasteiger partial charge >= 0.3 is 5.97 Å². The number of hydrogen-bond acceptors (Lipinski definition) is 4. The first-order chi connectivity index (χ1) is 12.5. The minimum absolute atomic E-state index is 0.00605. The van der Waals surface area contributed by atoms with E-state index in [4.69, 9.17) is 0 Å². The van der Waals surface area contributed by atoms with Crippen molar-refractivity contribution in [3.8, 4) is 0 Å². The molecule has 26 heavy (non-hydrogen) atoms. The molecule has 134 valence electrons. The fourth-order valence-corrected chi connectivity index (χ4v) is 2.92. The van der Waals surface area contributed by atoms with E-state index in [0.717, 1.165) is 12.8 Å². The van der Waals surface area contributed by atoms with Crippen LogP contribution in [-0.4, -0.2) is 32.8 Å². The summed E-state index contributed by atoms with van der Waals surface area (Å²) in [6.45, 7) is 0.278. The van der Waals surface area contributed by atoms with Gasteiger partial charge in [0.25, 0.3) is 5.69 Å². The largest absolute Gasteiger partial charge is 0.478 e. The Bertz CT molecular complexity index is 861. The Morgan fingerprint density at radius 1 is 1.15 bits per heavy atom. The zero-order valence-corrected chi connectivity index (χ0v) is 14.0. The van der Waals surface area contributed by atoms with Crippen LogP contribution >= 0.6 is 0 Å². The number of rotatable bonds is 7. The molecule has 2 aromatic carbocycles. The summed E-state index contributed by atoms with van der Waals surface area (Å²) < 4.78 is 0. The van der Waals surface area contributed by atoms with E-state index in [9.17, 15) is 24.8 Å². The molecule has 2 aromatic rings. The quantitative estimate of drug-likeness (QED) is 0.608. The van der Waals surface area contributed by atoms with Crippen molar-refractivity contribution in [3.05, 3.63) is 75.3 Å². The molecule has 3 rings (SSSR count). The molecular weight excluding hydrogens is 336 g/mol. The number of carbonyl (C=O) groups is 2. The summed E-state index contributed by atoms with van der Waals surface area (Å²) >= 11 is 0. The Hall–Kier alpha value is -3.22. The Kier molecular flexibility index (Phi) is 4.97. The van der Waals surface area contributed by atoms with Gasteiger partial charge in [0.1, 0.15) is 0 Å². The van der Waals surface area contributed by atoms with Crippen LogP contribution in [0.4, 0.5) is 5.69 Å². The highest BCUT2D eigenvalue weighted by atomic mass is 16.6. The second-order valence-electron chi connectivity index (χ2n) is 6.32. The van der Waals surface area contributed by atoms with Crippen LogP contribution in [0.25, 0.3) is 0 Å². The number of hydrogen-bond donors (Lipinski definition) is 1. The first-order valence-electron chi connectivity index (χ1n) is 8.29. The van der Waals surface area contributed by atoms with Gasteiger partial charge in [-0.15, -0.1) is 0 Å². The van der Waals surface area contributed by atoms with Gasteiger partial charge < -0.3 is 10.0 Å². The maximum absolute atomic E-state index is 12.8. The van der Waals surface area contributed by atoms with Gasteiger partial charge in [0.2, 0.25) is 5.91 Å². The molecule has 0 saturated heterocycles. The van der Waals surface area contributed by atoms with E-state index in [1.165, 1.54) is 18.2 Å². The molecule has 1 aliphatic carbocycles. The van der Waals surface area contributed by atoms with Crippen LogP contribution in [0.15, 0.2) is 48.5 Å². The summed E-state index contributed by atoms with van der Waals surface area (Å²) in [5.74, 6) is -1.24. The molecule has 0 bridgehead atoms. The maximum Gasteiger partial charge on any atom is 0.335 e. The molecule has 0 spiro atoms. The number of benzene rings is 2. The summed E-state index contributed by atoms with van der Waals surface area (Å²) in [6, 6.07) is 12.8. The average molecular weight is 354 g/mol. The highest BCUT2D eigenvalue weighted by Crippen LogP contribution is 2.30. The van der Waals surface area contributed by atoms with Gasteiger partial charge in [0, 0.05) is 24.7 Å². The van der Waals surface area contributed by atoms with Crippen molar-refractivity contribution < 1.29 is 19.6 Å². The number of amides is 1. The van der Waals surface area contributed by atoms with Crippen molar-refractivity contribution in [2.45, 2.75) is 31.8 Å². The van der Waals surface area contributed by atoms with Crippen molar-refractivity contribution in [1.29, 1.82) is 0 Å². The fourth-order valence-electron chi connectivity index (χ4n) is 2.92. The number of carboxylic acid groups (broad SMARTS) is 1. The number of carboxylic acids is 1. The standard InChI is InChI=1S/C19H18N2O5/c22-18(11-14-5-1-2-7-17(14)19(23)24)20(15-8-9-15)12-13-4-3-6-16(10-13)21(25)26/h1-7,10,15H,8-9,11-12H2,(H,23,24). The molecule has 1 saturated carbocycles. The second kappa shape index (κ2) is 7.35. The van der Waals surface area contributed by atoms with E-state index in [0.29, 0.717) is 11.1 Å². The van der Waals surface area contributed by atoms with Crippen molar-refractivity contribution in [2.24, 2.45) is 0 Å². The highest BCUT2D eigenvalue weighted by molar-refractivity contribution is 5.91. The van der Waals surface area contributed by atoms with Crippen LogP contribution < -0.4 is 0 Å². The van der Waals surface area contributed by atoms with Gasteiger partial charge in [-0.25, -0.2) is 4.79 Å². The topological polar surface area (TPSA) is 101 Å². The molecule has 1 aliphatic rings. The van der Waals surface area contributed by atoms with E-state index in [1.54, 1.807) is 35.2 Å². The van der Waals surface area contributed by atoms with Gasteiger partial charge in [-0.3, -0.25) is 14.9 Å². The van der Waals surface area contributed by atoms with E-state index in [1.807, 2.05) is 0 Å². The smallest absolute Gasteiger partial charge is 0.335 e.